The molecule has 0 aliphatic carbocycles. The van der Waals surface area contributed by atoms with Gasteiger partial charge < -0.3 is 14.1 Å². The molecule has 1 saturated heterocycles. The van der Waals surface area contributed by atoms with Gasteiger partial charge in [-0.1, -0.05) is 0 Å². The Kier molecular flexibility index (Phi) is 4.85. The summed E-state index contributed by atoms with van der Waals surface area (Å²) in [6, 6.07) is 6.47. The molecule has 1 fully saturated rings. The molecule has 0 saturated carbocycles. The lowest BCUT2D eigenvalue weighted by atomic mass is 10.2. The zero-order valence-corrected chi connectivity index (χ0v) is 16.0. The maximum absolute atomic E-state index is 13.0. The van der Waals surface area contributed by atoms with Gasteiger partial charge in [0.15, 0.2) is 0 Å². The quantitative estimate of drug-likeness (QED) is 0.841. The normalized spacial score (nSPS) is 14.3. The number of hydrogen-bond donors (Lipinski definition) is 1. The van der Waals surface area contributed by atoms with E-state index in [1.165, 1.54) is 19.2 Å². The van der Waals surface area contributed by atoms with Crippen LogP contribution in [-0.2, 0) is 14.8 Å². The SMILES string of the molecule is COc1ccc(N2CCCC2=O)cc1S(=O)(=O)Nc1oc(C)c(C)c1C#N. The number of carbonyl (C=O) groups is 1. The van der Waals surface area contributed by atoms with Crippen molar-refractivity contribution < 1.29 is 22.4 Å². The third kappa shape index (κ3) is 3.36. The highest BCUT2D eigenvalue weighted by molar-refractivity contribution is 7.92. The number of nitrogens with one attached hydrogen (secondary N) is 1. The van der Waals surface area contributed by atoms with Gasteiger partial charge in [-0.05, 0) is 38.5 Å². The van der Waals surface area contributed by atoms with E-state index in [0.717, 1.165) is 6.42 Å². The van der Waals surface area contributed by atoms with Crippen LogP contribution in [0.3, 0.4) is 0 Å². The van der Waals surface area contributed by atoms with Gasteiger partial charge in [-0.3, -0.25) is 4.79 Å². The van der Waals surface area contributed by atoms with Crippen molar-refractivity contribution in [2.45, 2.75) is 31.6 Å². The molecule has 3 rings (SSSR count). The molecule has 1 aromatic heterocycles. The third-order valence-corrected chi connectivity index (χ3v) is 5.90. The largest absolute Gasteiger partial charge is 0.495 e. The number of carbonyl (C=O) groups excluding carboxylic acids is 1. The Hall–Kier alpha value is -2.99. The minimum Gasteiger partial charge on any atom is -0.495 e. The number of nitrogens with zero attached hydrogens (tertiary/aromatic N) is 2. The second-order valence-corrected chi connectivity index (χ2v) is 7.84. The Morgan fingerprint density at radius 1 is 1.33 bits per heavy atom. The van der Waals surface area contributed by atoms with Gasteiger partial charge in [0.25, 0.3) is 10.0 Å². The van der Waals surface area contributed by atoms with Crippen molar-refractivity contribution in [2.24, 2.45) is 0 Å². The van der Waals surface area contributed by atoms with Gasteiger partial charge in [0.1, 0.15) is 28.0 Å². The molecule has 1 N–H and O–H groups in total. The van der Waals surface area contributed by atoms with E-state index < -0.39 is 10.0 Å². The summed E-state index contributed by atoms with van der Waals surface area (Å²) in [5.41, 5.74) is 1.17. The number of anilines is 2. The first-order chi connectivity index (χ1) is 12.8. The van der Waals surface area contributed by atoms with Crippen LogP contribution in [0.15, 0.2) is 27.5 Å². The lowest BCUT2D eigenvalue weighted by molar-refractivity contribution is -0.117. The highest BCUT2D eigenvalue weighted by atomic mass is 32.2. The van der Waals surface area contributed by atoms with E-state index in [2.05, 4.69) is 4.72 Å². The Labute approximate surface area is 157 Å². The zero-order chi connectivity index (χ0) is 19.8. The number of hydrogen-bond acceptors (Lipinski definition) is 6. The van der Waals surface area contributed by atoms with Gasteiger partial charge in [-0.25, -0.2) is 13.1 Å². The average Bonchev–Trinajstić information content (AvgIpc) is 3.17. The van der Waals surface area contributed by atoms with Gasteiger partial charge in [0.05, 0.1) is 7.11 Å². The fourth-order valence-corrected chi connectivity index (χ4v) is 4.16. The number of aryl methyl sites for hydroxylation is 1. The van der Waals surface area contributed by atoms with Gasteiger partial charge >= 0.3 is 0 Å². The molecule has 2 heterocycles. The van der Waals surface area contributed by atoms with Crippen molar-refractivity contribution >= 4 is 27.5 Å². The third-order valence-electron chi connectivity index (χ3n) is 4.55. The Morgan fingerprint density at radius 3 is 2.67 bits per heavy atom. The number of amides is 1. The molecule has 2 aromatic rings. The average molecular weight is 389 g/mol. The monoisotopic (exact) mass is 389 g/mol. The number of rotatable bonds is 5. The van der Waals surface area contributed by atoms with E-state index in [9.17, 15) is 18.5 Å². The fourth-order valence-electron chi connectivity index (χ4n) is 2.97. The molecular formula is C18H19N3O5S. The lowest BCUT2D eigenvalue weighted by Crippen LogP contribution is -2.24. The van der Waals surface area contributed by atoms with Crippen LogP contribution >= 0.6 is 0 Å². The van der Waals surface area contributed by atoms with Crippen molar-refractivity contribution in [3.63, 3.8) is 0 Å². The zero-order valence-electron chi connectivity index (χ0n) is 15.2. The van der Waals surface area contributed by atoms with Crippen LogP contribution in [0.1, 0.15) is 29.7 Å². The van der Waals surface area contributed by atoms with Crippen LogP contribution < -0.4 is 14.4 Å². The van der Waals surface area contributed by atoms with Gasteiger partial charge in [-0.2, -0.15) is 5.26 Å². The molecule has 0 spiro atoms. The molecule has 0 unspecified atom stereocenters. The molecule has 1 aliphatic heterocycles. The maximum atomic E-state index is 13.0. The summed E-state index contributed by atoms with van der Waals surface area (Å²) in [5.74, 6) is 0.377. The molecule has 142 valence electrons. The molecule has 27 heavy (non-hydrogen) atoms. The number of methoxy groups -OCH3 is 1. The molecule has 0 radical (unpaired) electrons. The molecular weight excluding hydrogens is 370 g/mol. The molecule has 9 heteroatoms. The van der Waals surface area contributed by atoms with Crippen LogP contribution in [0.4, 0.5) is 11.6 Å². The van der Waals surface area contributed by atoms with E-state index >= 15 is 0 Å². The van der Waals surface area contributed by atoms with Crippen molar-refractivity contribution in [3.05, 3.63) is 35.1 Å². The van der Waals surface area contributed by atoms with E-state index in [1.54, 1.807) is 24.8 Å². The fraction of sp³-hybridized carbons (Fsp3) is 0.333. The number of sulfonamides is 1. The van der Waals surface area contributed by atoms with E-state index in [1.807, 2.05) is 6.07 Å². The molecule has 0 bridgehead atoms. The second kappa shape index (κ2) is 6.96. The second-order valence-electron chi connectivity index (χ2n) is 6.19. The highest BCUT2D eigenvalue weighted by Gasteiger charge is 2.28. The van der Waals surface area contributed by atoms with Crippen LogP contribution in [0.25, 0.3) is 0 Å². The first-order valence-electron chi connectivity index (χ1n) is 8.29. The summed E-state index contributed by atoms with van der Waals surface area (Å²) < 4.78 is 38.8. The minimum atomic E-state index is -4.12. The van der Waals surface area contributed by atoms with Crippen molar-refractivity contribution in [1.82, 2.24) is 0 Å². The number of benzene rings is 1. The maximum Gasteiger partial charge on any atom is 0.267 e. The number of furan rings is 1. The van der Waals surface area contributed by atoms with Crippen LogP contribution in [0.5, 0.6) is 5.75 Å². The number of ether oxygens (including phenoxy) is 1. The van der Waals surface area contributed by atoms with Crippen LogP contribution in [0, 0.1) is 25.2 Å². The first-order valence-corrected chi connectivity index (χ1v) is 9.78. The molecule has 1 aliphatic rings. The van der Waals surface area contributed by atoms with Crippen LogP contribution in [0.2, 0.25) is 0 Å². The summed E-state index contributed by atoms with van der Waals surface area (Å²) in [6.07, 6.45) is 1.16. The Balaban J connectivity index is 2.04. The summed E-state index contributed by atoms with van der Waals surface area (Å²) >= 11 is 0. The highest BCUT2D eigenvalue weighted by Crippen LogP contribution is 2.33. The van der Waals surface area contributed by atoms with E-state index in [4.69, 9.17) is 9.15 Å². The summed E-state index contributed by atoms with van der Waals surface area (Å²) in [5, 5.41) is 9.28. The van der Waals surface area contributed by atoms with Crippen molar-refractivity contribution in [1.29, 1.82) is 5.26 Å². The minimum absolute atomic E-state index is 0.0551. The Morgan fingerprint density at radius 2 is 2.07 bits per heavy atom. The summed E-state index contributed by atoms with van der Waals surface area (Å²) in [6.45, 7) is 3.86. The number of nitriles is 1. The predicted octanol–water partition coefficient (Wildman–Crippen LogP) is 2.70. The molecule has 0 atom stereocenters. The molecule has 1 amide bonds. The van der Waals surface area contributed by atoms with E-state index in [0.29, 0.717) is 30.0 Å². The molecule has 8 nitrogen and oxygen atoms in total. The van der Waals surface area contributed by atoms with Gasteiger partial charge in [0, 0.05) is 24.2 Å². The smallest absolute Gasteiger partial charge is 0.267 e. The van der Waals surface area contributed by atoms with Crippen molar-refractivity contribution in [3.8, 4) is 11.8 Å². The summed E-state index contributed by atoms with van der Waals surface area (Å²) in [4.78, 5) is 13.4. The van der Waals surface area contributed by atoms with Crippen molar-refractivity contribution in [2.75, 3.05) is 23.3 Å². The predicted molar refractivity (Wildman–Crippen MR) is 98.3 cm³/mol. The first kappa shape index (κ1) is 18.8. The van der Waals surface area contributed by atoms with Crippen LogP contribution in [-0.4, -0.2) is 28.0 Å². The van der Waals surface area contributed by atoms with Gasteiger partial charge in [0.2, 0.25) is 11.8 Å². The standard InChI is InChI=1S/C18H19N3O5S/c1-11-12(2)26-18(14(11)10-19)20-27(23,24)16-9-13(6-7-15(16)25-3)21-8-4-5-17(21)22/h6-7,9,20H,4-5,8H2,1-3H3. The molecule has 1 aromatic carbocycles. The topological polar surface area (TPSA) is 113 Å². The summed E-state index contributed by atoms with van der Waals surface area (Å²) in [7, 11) is -2.76. The lowest BCUT2D eigenvalue weighted by Gasteiger charge is -2.18. The Bertz CT molecular complexity index is 1050. The van der Waals surface area contributed by atoms with Gasteiger partial charge in [-0.15, -0.1) is 0 Å². The van der Waals surface area contributed by atoms with E-state index in [-0.39, 0.29) is 28.0 Å².